The molecule has 0 unspecified atom stereocenters. The molecular formula is C4H10BLi. The Hall–Kier alpha value is 0.662. The molecule has 0 aliphatic heterocycles. The zero-order valence-corrected chi connectivity index (χ0v) is 5.08. The summed E-state index contributed by atoms with van der Waals surface area (Å²) in [6.45, 7) is 5.90. The van der Waals surface area contributed by atoms with Gasteiger partial charge in [0.15, 0.2) is 0 Å². The van der Waals surface area contributed by atoms with E-state index in [9.17, 15) is 0 Å². The molecule has 2 radical (unpaired) electrons. The van der Waals surface area contributed by atoms with Crippen molar-refractivity contribution in [2.45, 2.75) is 26.1 Å². The molecule has 0 heterocycles. The summed E-state index contributed by atoms with van der Waals surface area (Å²) >= 11 is 0. The molecule has 0 amide bonds. The van der Waals surface area contributed by atoms with Gasteiger partial charge in [0.25, 0.3) is 0 Å². The maximum absolute atomic E-state index is 5.35. The normalized spacial score (nSPS) is 9.83. The molecule has 0 fully saturated rings. The molecule has 0 aromatic heterocycles. The van der Waals surface area contributed by atoms with Crippen molar-refractivity contribution in [2.24, 2.45) is 0 Å². The molecular weight excluding hydrogens is 65.8 g/mol. The Bertz CT molecular complexity index is 27.2. The van der Waals surface area contributed by atoms with Gasteiger partial charge in [-0.1, -0.05) is 26.1 Å². The van der Waals surface area contributed by atoms with Gasteiger partial charge in [0.05, 0.1) is 7.85 Å². The first-order chi connectivity index (χ1) is 2.00. The van der Waals surface area contributed by atoms with Crippen molar-refractivity contribution in [3.63, 3.8) is 0 Å². The maximum atomic E-state index is 5.35. The van der Waals surface area contributed by atoms with E-state index in [1.165, 1.54) is 0 Å². The van der Waals surface area contributed by atoms with Gasteiger partial charge in [-0.05, 0) is 0 Å². The Morgan fingerprint density at radius 1 is 1.33 bits per heavy atom. The molecule has 0 bridgehead atoms. The summed E-state index contributed by atoms with van der Waals surface area (Å²) in [6, 6.07) is 0. The summed E-state index contributed by atoms with van der Waals surface area (Å²) in [5.74, 6) is 0. The van der Waals surface area contributed by atoms with Crippen LogP contribution in [0.1, 0.15) is 22.2 Å². The standard InChI is InChI=1S/C4H9B.Li.H/c1-4(2,3)5;;/h1-3H3;;/q;+1;-1. The number of hydrogen-bond donors (Lipinski definition) is 0. The van der Waals surface area contributed by atoms with Crippen molar-refractivity contribution in [1.82, 2.24) is 0 Å². The second kappa shape index (κ2) is 2.77. The number of hydrogen-bond acceptors (Lipinski definition) is 0. The van der Waals surface area contributed by atoms with E-state index in [2.05, 4.69) is 0 Å². The Kier molecular flexibility index (Phi) is 4.54. The minimum atomic E-state index is 0. The first-order valence-electron chi connectivity index (χ1n) is 1.79. The van der Waals surface area contributed by atoms with Crippen molar-refractivity contribution in [2.75, 3.05) is 0 Å². The molecule has 0 rings (SSSR count). The van der Waals surface area contributed by atoms with Gasteiger partial charge in [-0.3, -0.25) is 0 Å². The smallest absolute Gasteiger partial charge is 1.00 e. The molecule has 0 nitrogen and oxygen atoms in total. The molecule has 2 heteroatoms. The summed E-state index contributed by atoms with van der Waals surface area (Å²) in [7, 11) is 5.35. The van der Waals surface area contributed by atoms with Gasteiger partial charge in [-0.2, -0.15) is 0 Å². The van der Waals surface area contributed by atoms with Gasteiger partial charge in [0.1, 0.15) is 0 Å². The Morgan fingerprint density at radius 3 is 1.33 bits per heavy atom. The van der Waals surface area contributed by atoms with Gasteiger partial charge in [0.2, 0.25) is 0 Å². The van der Waals surface area contributed by atoms with Gasteiger partial charge in [0, 0.05) is 0 Å². The summed E-state index contributed by atoms with van der Waals surface area (Å²) in [5, 5.41) is 0. The van der Waals surface area contributed by atoms with Crippen molar-refractivity contribution in [1.29, 1.82) is 0 Å². The van der Waals surface area contributed by atoms with Crippen LogP contribution in [0.2, 0.25) is 5.31 Å². The molecule has 0 saturated carbocycles. The molecule has 0 aliphatic rings. The predicted octanol–water partition coefficient (Wildman–Crippen LogP) is -1.51. The zero-order valence-electron chi connectivity index (χ0n) is 6.08. The fraction of sp³-hybridized carbons (Fsp3) is 1.00. The van der Waals surface area contributed by atoms with Crippen LogP contribution in [0.5, 0.6) is 0 Å². The van der Waals surface area contributed by atoms with Gasteiger partial charge in [-0.15, -0.1) is 0 Å². The molecule has 0 saturated heterocycles. The molecule has 0 aromatic carbocycles. The van der Waals surface area contributed by atoms with Gasteiger partial charge < -0.3 is 1.43 Å². The molecule has 0 N–H and O–H groups in total. The van der Waals surface area contributed by atoms with Crippen molar-refractivity contribution < 1.29 is 20.3 Å². The average molecular weight is 75.9 g/mol. The summed E-state index contributed by atoms with van der Waals surface area (Å²) in [5.41, 5.74) is 0. The third-order valence-electron chi connectivity index (χ3n) is 0. The molecule has 0 aliphatic carbocycles. The minimum Gasteiger partial charge on any atom is -1.00 e. The van der Waals surface area contributed by atoms with Crippen molar-refractivity contribution in [3.8, 4) is 0 Å². The van der Waals surface area contributed by atoms with Crippen LogP contribution in [-0.4, -0.2) is 7.85 Å². The van der Waals surface area contributed by atoms with Gasteiger partial charge >= 0.3 is 18.9 Å². The largest absolute Gasteiger partial charge is 1.00 e. The first kappa shape index (κ1) is 9.83. The van der Waals surface area contributed by atoms with Crippen molar-refractivity contribution >= 4 is 7.85 Å². The third kappa shape index (κ3) is 143. The Labute approximate surface area is 54.8 Å². The van der Waals surface area contributed by atoms with E-state index in [-0.39, 0.29) is 25.6 Å². The fourth-order valence-corrected chi connectivity index (χ4v) is 0. The zero-order chi connectivity index (χ0) is 4.50. The fourth-order valence-electron chi connectivity index (χ4n) is 0. The summed E-state index contributed by atoms with van der Waals surface area (Å²) in [4.78, 5) is 0. The quantitative estimate of drug-likeness (QED) is 0.308. The summed E-state index contributed by atoms with van der Waals surface area (Å²) < 4.78 is 0. The van der Waals surface area contributed by atoms with Crippen LogP contribution in [0.4, 0.5) is 0 Å². The van der Waals surface area contributed by atoms with E-state index in [0.717, 1.165) is 0 Å². The maximum Gasteiger partial charge on any atom is 1.00 e. The van der Waals surface area contributed by atoms with Crippen LogP contribution in [0.3, 0.4) is 0 Å². The first-order valence-corrected chi connectivity index (χ1v) is 1.79. The summed E-state index contributed by atoms with van der Waals surface area (Å²) in [6.07, 6.45) is 0. The SMILES string of the molecule is [B]C(C)(C)C.[H-].[Li+]. The van der Waals surface area contributed by atoms with E-state index >= 15 is 0 Å². The van der Waals surface area contributed by atoms with E-state index in [0.29, 0.717) is 0 Å². The van der Waals surface area contributed by atoms with E-state index < -0.39 is 0 Å². The van der Waals surface area contributed by atoms with Crippen LogP contribution in [0, 0.1) is 0 Å². The monoisotopic (exact) mass is 76.1 g/mol. The van der Waals surface area contributed by atoms with Crippen LogP contribution in [0.15, 0.2) is 0 Å². The molecule has 6 heavy (non-hydrogen) atoms. The molecule has 0 spiro atoms. The molecule has 0 aromatic rings. The second-order valence-electron chi connectivity index (χ2n) is 2.37. The van der Waals surface area contributed by atoms with Crippen LogP contribution in [0.25, 0.3) is 0 Å². The Balaban J connectivity index is -0.0000000800. The Morgan fingerprint density at radius 2 is 1.33 bits per heavy atom. The van der Waals surface area contributed by atoms with Gasteiger partial charge in [-0.25, -0.2) is 0 Å². The van der Waals surface area contributed by atoms with E-state index in [4.69, 9.17) is 7.85 Å². The van der Waals surface area contributed by atoms with Crippen LogP contribution >= 0.6 is 0 Å². The predicted molar refractivity (Wildman–Crippen MR) is 26.6 cm³/mol. The van der Waals surface area contributed by atoms with Crippen molar-refractivity contribution in [3.05, 3.63) is 0 Å². The molecule has 0 atom stereocenters. The van der Waals surface area contributed by atoms with Crippen LogP contribution < -0.4 is 18.9 Å². The second-order valence-corrected chi connectivity index (χ2v) is 2.37. The van der Waals surface area contributed by atoms with E-state index in [1.54, 1.807) is 0 Å². The topological polar surface area (TPSA) is 0 Å². The molecule has 30 valence electrons. The van der Waals surface area contributed by atoms with Crippen LogP contribution in [-0.2, 0) is 0 Å². The minimum absolute atomic E-state index is 0. The van der Waals surface area contributed by atoms with E-state index in [1.807, 2.05) is 20.8 Å². The average Bonchev–Trinajstić information content (AvgIpc) is 0.722. The number of rotatable bonds is 0. The third-order valence-corrected chi connectivity index (χ3v) is 0.